The number of pyridine rings is 1. The van der Waals surface area contributed by atoms with Crippen LogP contribution in [0.5, 0.6) is 5.75 Å². The van der Waals surface area contributed by atoms with Crippen LogP contribution < -0.4 is 10.1 Å². The number of para-hydroxylation sites is 1. The molecule has 0 saturated heterocycles. The quantitative estimate of drug-likeness (QED) is 0.309. The molecule has 0 aliphatic heterocycles. The van der Waals surface area contributed by atoms with Gasteiger partial charge in [-0.1, -0.05) is 30.7 Å². The van der Waals surface area contributed by atoms with Gasteiger partial charge in [0.25, 0.3) is 0 Å². The van der Waals surface area contributed by atoms with Crippen LogP contribution >= 0.6 is 11.6 Å². The van der Waals surface area contributed by atoms with Crippen molar-refractivity contribution >= 4 is 40.1 Å². The summed E-state index contributed by atoms with van der Waals surface area (Å²) < 4.78 is 12.3. The third-order valence-corrected chi connectivity index (χ3v) is 5.19. The number of aryl methyl sites for hydroxylation is 2. The van der Waals surface area contributed by atoms with E-state index in [4.69, 9.17) is 26.1 Å². The van der Waals surface area contributed by atoms with E-state index in [1.165, 1.54) is 10.9 Å². The van der Waals surface area contributed by atoms with E-state index in [9.17, 15) is 4.79 Å². The molecule has 0 spiro atoms. The van der Waals surface area contributed by atoms with E-state index in [2.05, 4.69) is 20.4 Å². The molecule has 0 bridgehead atoms. The molecule has 3 heterocycles. The number of halogens is 1. The highest BCUT2D eigenvalue weighted by Crippen LogP contribution is 2.30. The third-order valence-electron chi connectivity index (χ3n) is 5.00. The molecule has 4 aromatic rings. The number of fused-ring (bicyclic) bond motifs is 1. The van der Waals surface area contributed by atoms with E-state index in [0.29, 0.717) is 41.0 Å². The molecule has 9 nitrogen and oxygen atoms in total. The van der Waals surface area contributed by atoms with Crippen molar-refractivity contribution < 1.29 is 14.3 Å². The number of carbonyl (C=O) groups excluding carboxylic acids is 1. The Morgan fingerprint density at radius 1 is 1.18 bits per heavy atom. The number of carbonyl (C=O) groups is 1. The Balaban J connectivity index is 1.89. The van der Waals surface area contributed by atoms with Gasteiger partial charge in [0.2, 0.25) is 0 Å². The second-order valence-corrected chi connectivity index (χ2v) is 7.55. The summed E-state index contributed by atoms with van der Waals surface area (Å²) in [5.74, 6) is 1.97. The summed E-state index contributed by atoms with van der Waals surface area (Å²) in [5, 5.41) is 8.84. The predicted octanol–water partition coefficient (Wildman–Crippen LogP) is 4.66. The Morgan fingerprint density at radius 3 is 2.73 bits per heavy atom. The molecule has 4 rings (SSSR count). The number of nitrogens with one attached hydrogen (secondary N) is 1. The first-order valence-corrected chi connectivity index (χ1v) is 10.8. The van der Waals surface area contributed by atoms with Gasteiger partial charge in [0.05, 0.1) is 19.9 Å². The number of anilines is 2. The van der Waals surface area contributed by atoms with Crippen molar-refractivity contribution in [2.45, 2.75) is 27.2 Å². The van der Waals surface area contributed by atoms with E-state index in [-0.39, 0.29) is 17.3 Å². The highest BCUT2D eigenvalue weighted by molar-refractivity contribution is 6.29. The zero-order valence-corrected chi connectivity index (χ0v) is 19.5. The SMILES string of the molecule is CCOC(=O)c1cnn(-c2cc(C)c3cccc(OC)c3n2)c1Nc1cc(Cl)nc(CC)n1. The average molecular weight is 467 g/mol. The van der Waals surface area contributed by atoms with Crippen LogP contribution in [0.1, 0.15) is 35.6 Å². The Hall–Kier alpha value is -3.72. The lowest BCUT2D eigenvalue weighted by atomic mass is 10.1. The van der Waals surface area contributed by atoms with Gasteiger partial charge in [0.1, 0.15) is 33.6 Å². The molecular formula is C23H23ClN6O3. The van der Waals surface area contributed by atoms with Crippen LogP contribution in [0.3, 0.4) is 0 Å². The largest absolute Gasteiger partial charge is 0.494 e. The third kappa shape index (κ3) is 4.45. The van der Waals surface area contributed by atoms with Crippen molar-refractivity contribution in [3.8, 4) is 11.6 Å². The number of hydrogen-bond donors (Lipinski definition) is 1. The maximum absolute atomic E-state index is 12.7. The lowest BCUT2D eigenvalue weighted by molar-refractivity contribution is 0.0527. The molecule has 0 atom stereocenters. The molecule has 0 aliphatic carbocycles. The molecule has 0 aliphatic rings. The van der Waals surface area contributed by atoms with Crippen molar-refractivity contribution in [3.05, 3.63) is 58.6 Å². The van der Waals surface area contributed by atoms with Gasteiger partial charge in [-0.2, -0.15) is 9.78 Å². The molecule has 0 saturated carbocycles. The molecule has 1 N–H and O–H groups in total. The van der Waals surface area contributed by atoms with Crippen LogP contribution in [0.4, 0.5) is 11.6 Å². The van der Waals surface area contributed by atoms with Crippen LogP contribution in [0.2, 0.25) is 5.15 Å². The standard InChI is InChI=1S/C23H23ClN6O3/c1-5-18-26-17(24)11-19(27-18)28-22-15(23(31)33-6-2)12-25-30(22)20-10-13(3)14-8-7-9-16(32-4)21(14)29-20/h7-12H,5-6H2,1-4H3,(H,26,27,28). The maximum Gasteiger partial charge on any atom is 0.343 e. The lowest BCUT2D eigenvalue weighted by Gasteiger charge is -2.14. The molecule has 0 radical (unpaired) electrons. The van der Waals surface area contributed by atoms with E-state index >= 15 is 0 Å². The van der Waals surface area contributed by atoms with Crippen molar-refractivity contribution in [2.24, 2.45) is 0 Å². The summed E-state index contributed by atoms with van der Waals surface area (Å²) in [6.07, 6.45) is 2.04. The van der Waals surface area contributed by atoms with Crippen LogP contribution in [0.25, 0.3) is 16.7 Å². The minimum atomic E-state index is -0.516. The van der Waals surface area contributed by atoms with Crippen molar-refractivity contribution in [3.63, 3.8) is 0 Å². The molecule has 10 heteroatoms. The van der Waals surface area contributed by atoms with E-state index in [0.717, 1.165) is 10.9 Å². The Morgan fingerprint density at radius 2 is 2.00 bits per heavy atom. The number of esters is 1. The molecule has 3 aromatic heterocycles. The molecule has 170 valence electrons. The maximum atomic E-state index is 12.7. The highest BCUT2D eigenvalue weighted by Gasteiger charge is 2.22. The summed E-state index contributed by atoms with van der Waals surface area (Å²) in [4.78, 5) is 26.1. The van der Waals surface area contributed by atoms with Crippen LogP contribution in [0, 0.1) is 6.92 Å². The first-order valence-electron chi connectivity index (χ1n) is 10.5. The van der Waals surface area contributed by atoms with Crippen molar-refractivity contribution in [1.82, 2.24) is 24.7 Å². The fourth-order valence-electron chi connectivity index (χ4n) is 3.46. The fraction of sp³-hybridized carbons (Fsp3) is 0.261. The van der Waals surface area contributed by atoms with E-state index < -0.39 is 5.97 Å². The second-order valence-electron chi connectivity index (χ2n) is 7.16. The molecule has 33 heavy (non-hydrogen) atoms. The van der Waals surface area contributed by atoms with Gasteiger partial charge in [0.15, 0.2) is 11.6 Å². The summed E-state index contributed by atoms with van der Waals surface area (Å²) >= 11 is 6.17. The molecule has 0 fully saturated rings. The van der Waals surface area contributed by atoms with Crippen molar-refractivity contribution in [1.29, 1.82) is 0 Å². The summed E-state index contributed by atoms with van der Waals surface area (Å²) in [6.45, 7) is 5.88. The number of methoxy groups -OCH3 is 1. The van der Waals surface area contributed by atoms with Gasteiger partial charge in [-0.15, -0.1) is 0 Å². The average Bonchev–Trinajstić information content (AvgIpc) is 3.21. The van der Waals surface area contributed by atoms with E-state index in [1.54, 1.807) is 20.1 Å². The monoisotopic (exact) mass is 466 g/mol. The zero-order chi connectivity index (χ0) is 23.5. The highest BCUT2D eigenvalue weighted by atomic mass is 35.5. The van der Waals surface area contributed by atoms with E-state index in [1.807, 2.05) is 38.1 Å². The zero-order valence-electron chi connectivity index (χ0n) is 18.7. The lowest BCUT2D eigenvalue weighted by Crippen LogP contribution is -2.11. The van der Waals surface area contributed by atoms with Crippen LogP contribution in [-0.2, 0) is 11.2 Å². The first kappa shape index (κ1) is 22.5. The minimum Gasteiger partial charge on any atom is -0.494 e. The Kier molecular flexibility index (Phi) is 6.41. The smallest absolute Gasteiger partial charge is 0.343 e. The van der Waals surface area contributed by atoms with Gasteiger partial charge in [-0.05, 0) is 31.5 Å². The number of rotatable bonds is 7. The van der Waals surface area contributed by atoms with Gasteiger partial charge < -0.3 is 14.8 Å². The molecule has 0 unspecified atom stereocenters. The number of nitrogens with zero attached hydrogens (tertiary/aromatic N) is 5. The number of ether oxygens (including phenoxy) is 2. The van der Waals surface area contributed by atoms with Crippen LogP contribution in [-0.4, -0.2) is 44.4 Å². The second kappa shape index (κ2) is 9.41. The van der Waals surface area contributed by atoms with Gasteiger partial charge >= 0.3 is 5.97 Å². The number of aromatic nitrogens is 5. The van der Waals surface area contributed by atoms with Crippen molar-refractivity contribution in [2.75, 3.05) is 19.0 Å². The Bertz CT molecular complexity index is 1340. The number of hydrogen-bond acceptors (Lipinski definition) is 8. The Labute approximate surface area is 195 Å². The molecule has 0 amide bonds. The minimum absolute atomic E-state index is 0.229. The van der Waals surface area contributed by atoms with Gasteiger partial charge in [-0.3, -0.25) is 0 Å². The fourth-order valence-corrected chi connectivity index (χ4v) is 3.66. The normalized spacial score (nSPS) is 10.9. The molecular weight excluding hydrogens is 444 g/mol. The number of benzene rings is 1. The van der Waals surface area contributed by atoms with Crippen LogP contribution in [0.15, 0.2) is 36.5 Å². The molecule has 1 aromatic carbocycles. The summed E-state index contributed by atoms with van der Waals surface area (Å²) in [5.41, 5.74) is 1.91. The van der Waals surface area contributed by atoms with Gasteiger partial charge in [-0.25, -0.2) is 19.7 Å². The topological polar surface area (TPSA) is 104 Å². The summed E-state index contributed by atoms with van der Waals surface area (Å²) in [7, 11) is 1.60. The summed E-state index contributed by atoms with van der Waals surface area (Å²) in [6, 6.07) is 9.21. The van der Waals surface area contributed by atoms with Gasteiger partial charge in [0, 0.05) is 17.9 Å². The first-order chi connectivity index (χ1) is 15.9. The predicted molar refractivity (Wildman–Crippen MR) is 126 cm³/mol.